The Labute approximate surface area is 118 Å². The maximum absolute atomic E-state index is 9.83. The van der Waals surface area contributed by atoms with Gasteiger partial charge in [0, 0.05) is 36.1 Å². The first-order chi connectivity index (χ1) is 9.09. The zero-order chi connectivity index (χ0) is 13.8. The van der Waals surface area contributed by atoms with Gasteiger partial charge >= 0.3 is 0 Å². The number of aromatic nitrogens is 1. The van der Waals surface area contributed by atoms with Crippen molar-refractivity contribution in [2.24, 2.45) is 0 Å². The summed E-state index contributed by atoms with van der Waals surface area (Å²) in [4.78, 5) is 7.93. The van der Waals surface area contributed by atoms with Crippen LogP contribution in [-0.2, 0) is 6.42 Å². The van der Waals surface area contributed by atoms with E-state index in [9.17, 15) is 5.11 Å². The molecule has 2 aromatic heterocycles. The van der Waals surface area contributed by atoms with Crippen LogP contribution in [0.1, 0.15) is 30.4 Å². The van der Waals surface area contributed by atoms with E-state index in [1.54, 1.807) is 24.5 Å². The third-order valence-corrected chi connectivity index (χ3v) is 4.24. The van der Waals surface area contributed by atoms with E-state index in [2.05, 4.69) is 34.3 Å². The highest BCUT2D eigenvalue weighted by Crippen LogP contribution is 2.25. The fraction of sp³-hybridized carbons (Fsp3) is 0.400. The molecule has 2 aromatic rings. The summed E-state index contributed by atoms with van der Waals surface area (Å²) in [5.41, 5.74) is 0.878. The predicted molar refractivity (Wildman–Crippen MR) is 80.8 cm³/mol. The van der Waals surface area contributed by atoms with Crippen LogP contribution in [0.5, 0.6) is 0 Å². The molecule has 0 aliphatic rings. The first-order valence-corrected chi connectivity index (χ1v) is 7.35. The molecule has 2 atom stereocenters. The number of aliphatic hydroxyl groups excluding tert-OH is 1. The van der Waals surface area contributed by atoms with Crippen molar-refractivity contribution in [1.29, 1.82) is 0 Å². The minimum atomic E-state index is -0.500. The number of hydrogen-bond acceptors (Lipinski definition) is 4. The fourth-order valence-corrected chi connectivity index (χ4v) is 2.92. The topological polar surface area (TPSA) is 36.4 Å². The fourth-order valence-electron chi connectivity index (χ4n) is 2.10. The van der Waals surface area contributed by atoms with Gasteiger partial charge in [-0.05, 0) is 31.4 Å². The molecule has 0 fully saturated rings. The number of rotatable bonds is 5. The molecule has 19 heavy (non-hydrogen) atoms. The van der Waals surface area contributed by atoms with Crippen LogP contribution in [0.2, 0.25) is 0 Å². The van der Waals surface area contributed by atoms with Gasteiger partial charge in [-0.2, -0.15) is 0 Å². The molecule has 0 saturated heterocycles. The maximum atomic E-state index is 9.83. The van der Waals surface area contributed by atoms with Crippen molar-refractivity contribution in [3.63, 3.8) is 0 Å². The quantitative estimate of drug-likeness (QED) is 0.910. The molecule has 0 spiro atoms. The smallest absolute Gasteiger partial charge is 0.134 e. The average molecular weight is 276 g/mol. The highest BCUT2D eigenvalue weighted by atomic mass is 32.1. The van der Waals surface area contributed by atoms with Gasteiger partial charge in [-0.15, -0.1) is 11.3 Å². The molecule has 2 rings (SSSR count). The van der Waals surface area contributed by atoms with Gasteiger partial charge in [0.05, 0.1) is 6.10 Å². The summed E-state index contributed by atoms with van der Waals surface area (Å²) in [6.45, 7) is 3.96. The van der Waals surface area contributed by atoms with Gasteiger partial charge in [0.2, 0.25) is 0 Å². The van der Waals surface area contributed by atoms with Crippen molar-refractivity contribution in [3.05, 3.63) is 46.3 Å². The van der Waals surface area contributed by atoms with Gasteiger partial charge in [0.25, 0.3) is 0 Å². The third kappa shape index (κ3) is 3.33. The summed E-state index contributed by atoms with van der Waals surface area (Å²) in [6, 6.07) is 8.37. The highest BCUT2D eigenvalue weighted by molar-refractivity contribution is 7.09. The molecule has 1 N–H and O–H groups in total. The molecule has 3 nitrogen and oxygen atoms in total. The monoisotopic (exact) mass is 276 g/mol. The van der Waals surface area contributed by atoms with Gasteiger partial charge in [0.1, 0.15) is 5.82 Å². The van der Waals surface area contributed by atoms with Crippen molar-refractivity contribution in [2.45, 2.75) is 32.4 Å². The zero-order valence-corrected chi connectivity index (χ0v) is 12.4. The molecule has 0 radical (unpaired) electrons. The van der Waals surface area contributed by atoms with E-state index in [1.165, 1.54) is 4.88 Å². The number of pyridine rings is 1. The second-order valence-electron chi connectivity index (χ2n) is 4.84. The minimum Gasteiger partial charge on any atom is -0.389 e. The second kappa shape index (κ2) is 6.17. The summed E-state index contributed by atoms with van der Waals surface area (Å²) in [5.74, 6) is 0.863. The van der Waals surface area contributed by atoms with Crippen molar-refractivity contribution >= 4 is 17.2 Å². The lowest BCUT2D eigenvalue weighted by Gasteiger charge is -2.28. The zero-order valence-electron chi connectivity index (χ0n) is 11.6. The van der Waals surface area contributed by atoms with Crippen molar-refractivity contribution < 1.29 is 5.11 Å². The first-order valence-electron chi connectivity index (χ1n) is 6.47. The van der Waals surface area contributed by atoms with E-state index in [0.717, 1.165) is 17.8 Å². The number of hydrogen-bond donors (Lipinski definition) is 1. The van der Waals surface area contributed by atoms with Crippen molar-refractivity contribution in [3.8, 4) is 0 Å². The van der Waals surface area contributed by atoms with E-state index in [1.807, 2.05) is 19.2 Å². The Bertz CT molecular complexity index is 511. The van der Waals surface area contributed by atoms with Crippen LogP contribution in [0.3, 0.4) is 0 Å². The van der Waals surface area contributed by atoms with Gasteiger partial charge < -0.3 is 10.0 Å². The summed E-state index contributed by atoms with van der Waals surface area (Å²) in [5, 5.41) is 11.9. The lowest BCUT2D eigenvalue weighted by atomic mass is 10.1. The molecule has 4 heteroatoms. The van der Waals surface area contributed by atoms with E-state index in [-0.39, 0.29) is 0 Å². The number of likely N-dealkylation sites (N-methyl/N-ethyl adjacent to an activating group) is 1. The van der Waals surface area contributed by atoms with Gasteiger partial charge in [0.15, 0.2) is 0 Å². The van der Waals surface area contributed by atoms with Crippen LogP contribution in [0, 0.1) is 0 Å². The maximum Gasteiger partial charge on any atom is 0.134 e. The molecule has 0 saturated carbocycles. The Morgan fingerprint density at radius 2 is 2.11 bits per heavy atom. The van der Waals surface area contributed by atoms with E-state index < -0.39 is 6.10 Å². The van der Waals surface area contributed by atoms with Crippen LogP contribution in [0.15, 0.2) is 35.8 Å². The molecule has 102 valence electrons. The molecule has 0 aliphatic heterocycles. The van der Waals surface area contributed by atoms with Crippen molar-refractivity contribution in [1.82, 2.24) is 4.98 Å². The Kier molecular flexibility index (Phi) is 4.56. The SMILES string of the molecule is CC(Cc1cccs1)N(C)c1ncccc1[C@@H](C)O. The van der Waals surface area contributed by atoms with Crippen LogP contribution in [0.25, 0.3) is 0 Å². The molecular weight excluding hydrogens is 256 g/mol. The highest BCUT2D eigenvalue weighted by Gasteiger charge is 2.17. The van der Waals surface area contributed by atoms with Gasteiger partial charge in [-0.25, -0.2) is 4.98 Å². The summed E-state index contributed by atoms with van der Waals surface area (Å²) < 4.78 is 0. The Hall–Kier alpha value is -1.39. The molecule has 0 bridgehead atoms. The van der Waals surface area contributed by atoms with Crippen molar-refractivity contribution in [2.75, 3.05) is 11.9 Å². The van der Waals surface area contributed by atoms with Crippen LogP contribution in [0.4, 0.5) is 5.82 Å². The summed E-state index contributed by atoms with van der Waals surface area (Å²) in [6.07, 6.45) is 2.26. The van der Waals surface area contributed by atoms with Crippen LogP contribution >= 0.6 is 11.3 Å². The Morgan fingerprint density at radius 3 is 2.74 bits per heavy atom. The number of thiophene rings is 1. The minimum absolute atomic E-state index is 0.339. The Balaban J connectivity index is 2.16. The normalized spacial score (nSPS) is 14.1. The predicted octanol–water partition coefficient (Wildman–Crippen LogP) is 3.26. The third-order valence-electron chi connectivity index (χ3n) is 3.34. The number of nitrogens with zero attached hydrogens (tertiary/aromatic N) is 2. The number of anilines is 1. The molecule has 1 unspecified atom stereocenters. The lowest BCUT2D eigenvalue weighted by molar-refractivity contribution is 0.199. The molecule has 0 aliphatic carbocycles. The first kappa shape index (κ1) is 14.0. The van der Waals surface area contributed by atoms with Gasteiger partial charge in [-0.3, -0.25) is 0 Å². The Morgan fingerprint density at radius 1 is 1.32 bits per heavy atom. The number of aliphatic hydroxyl groups is 1. The van der Waals surface area contributed by atoms with Crippen LogP contribution < -0.4 is 4.90 Å². The summed E-state index contributed by atoms with van der Waals surface area (Å²) in [7, 11) is 2.03. The van der Waals surface area contributed by atoms with Gasteiger partial charge in [-0.1, -0.05) is 12.1 Å². The molecule has 2 heterocycles. The second-order valence-corrected chi connectivity index (χ2v) is 5.87. The molecule has 0 amide bonds. The summed E-state index contributed by atoms with van der Waals surface area (Å²) >= 11 is 1.78. The van der Waals surface area contributed by atoms with Crippen LogP contribution in [-0.4, -0.2) is 23.2 Å². The largest absolute Gasteiger partial charge is 0.389 e. The molecule has 0 aromatic carbocycles. The lowest BCUT2D eigenvalue weighted by Crippen LogP contribution is -2.32. The standard InChI is InChI=1S/C15H20N2OS/c1-11(10-13-6-5-9-19-13)17(3)15-14(12(2)18)7-4-8-16-15/h4-9,11-12,18H,10H2,1-3H3/t11?,12-/m1/s1. The van der Waals surface area contributed by atoms with E-state index in [0.29, 0.717) is 6.04 Å². The molecular formula is C15H20N2OS. The van der Waals surface area contributed by atoms with E-state index in [4.69, 9.17) is 0 Å². The van der Waals surface area contributed by atoms with E-state index >= 15 is 0 Å². The average Bonchev–Trinajstić information content (AvgIpc) is 2.90.